The number of piperidine rings is 1. The number of hydrogen-bond acceptors (Lipinski definition) is 7. The number of fused-ring (bicyclic) bond motifs is 1. The predicted molar refractivity (Wildman–Crippen MR) is 130 cm³/mol. The smallest absolute Gasteiger partial charge is 0.220 e. The van der Waals surface area contributed by atoms with E-state index in [-0.39, 0.29) is 17.7 Å². The number of halogens is 1. The predicted octanol–water partition coefficient (Wildman–Crippen LogP) is 4.02. The molecule has 0 radical (unpaired) electrons. The SMILES string of the molecule is Cc1nc(N)nc2c1C(=NOCC1CCNCC1)CC(c1ccc(F)cc1-c1cccnc1)C2. The molecule has 1 atom stereocenters. The van der Waals surface area contributed by atoms with Gasteiger partial charge in [0.2, 0.25) is 5.95 Å². The Labute approximate surface area is 198 Å². The fourth-order valence-corrected chi connectivity index (χ4v) is 5.05. The Bertz CT molecular complexity index is 1190. The molecule has 3 aromatic rings. The van der Waals surface area contributed by atoms with Crippen LogP contribution in [0.25, 0.3) is 11.1 Å². The molecule has 7 nitrogen and oxygen atoms in total. The molecule has 1 unspecified atom stereocenters. The number of nitrogen functional groups attached to an aromatic ring is 1. The van der Waals surface area contributed by atoms with Gasteiger partial charge in [0.15, 0.2) is 0 Å². The first-order valence-corrected chi connectivity index (χ1v) is 11.8. The molecule has 176 valence electrons. The maximum Gasteiger partial charge on any atom is 0.220 e. The fourth-order valence-electron chi connectivity index (χ4n) is 5.05. The second-order valence-corrected chi connectivity index (χ2v) is 9.09. The summed E-state index contributed by atoms with van der Waals surface area (Å²) in [5.74, 6) is 0.514. The van der Waals surface area contributed by atoms with Crippen molar-refractivity contribution >= 4 is 11.7 Å². The highest BCUT2D eigenvalue weighted by Gasteiger charge is 2.31. The van der Waals surface area contributed by atoms with Crippen LogP contribution in [0.5, 0.6) is 0 Å². The molecule has 5 rings (SSSR count). The minimum Gasteiger partial charge on any atom is -0.395 e. The molecule has 3 N–H and O–H groups in total. The third kappa shape index (κ3) is 4.77. The van der Waals surface area contributed by atoms with Gasteiger partial charge in [-0.15, -0.1) is 0 Å². The van der Waals surface area contributed by atoms with Crippen LogP contribution in [0.4, 0.5) is 10.3 Å². The van der Waals surface area contributed by atoms with Crippen LogP contribution in [0.15, 0.2) is 47.9 Å². The van der Waals surface area contributed by atoms with Crippen molar-refractivity contribution in [1.82, 2.24) is 20.3 Å². The van der Waals surface area contributed by atoms with Crippen LogP contribution in [-0.2, 0) is 11.3 Å². The number of hydrogen-bond donors (Lipinski definition) is 2. The van der Waals surface area contributed by atoms with Gasteiger partial charge in [0.05, 0.1) is 17.1 Å². The van der Waals surface area contributed by atoms with Gasteiger partial charge in [-0.2, -0.15) is 0 Å². The van der Waals surface area contributed by atoms with E-state index in [0.29, 0.717) is 25.4 Å². The Morgan fingerprint density at radius 3 is 2.82 bits per heavy atom. The molecule has 1 aliphatic heterocycles. The summed E-state index contributed by atoms with van der Waals surface area (Å²) in [4.78, 5) is 19.0. The number of pyridine rings is 1. The van der Waals surface area contributed by atoms with Gasteiger partial charge in [-0.05, 0) is 80.4 Å². The number of aromatic nitrogens is 3. The largest absolute Gasteiger partial charge is 0.395 e. The van der Waals surface area contributed by atoms with Crippen molar-refractivity contribution in [3.63, 3.8) is 0 Å². The Balaban J connectivity index is 1.50. The van der Waals surface area contributed by atoms with Crippen LogP contribution in [-0.4, -0.2) is 40.4 Å². The van der Waals surface area contributed by atoms with E-state index in [0.717, 1.165) is 65.3 Å². The van der Waals surface area contributed by atoms with Crippen LogP contribution in [0, 0.1) is 18.7 Å². The van der Waals surface area contributed by atoms with E-state index in [1.54, 1.807) is 18.5 Å². The maximum absolute atomic E-state index is 14.3. The monoisotopic (exact) mass is 460 g/mol. The second-order valence-electron chi connectivity index (χ2n) is 9.09. The van der Waals surface area contributed by atoms with E-state index in [1.807, 2.05) is 25.1 Å². The number of nitrogens with zero attached hydrogens (tertiary/aromatic N) is 4. The molecular formula is C26H29FN6O. The summed E-state index contributed by atoms with van der Waals surface area (Å²) in [6, 6.07) is 8.75. The molecule has 1 aliphatic carbocycles. The zero-order chi connectivity index (χ0) is 23.5. The number of anilines is 1. The number of aryl methyl sites for hydroxylation is 1. The third-order valence-corrected chi connectivity index (χ3v) is 6.72. The molecule has 1 fully saturated rings. The zero-order valence-electron chi connectivity index (χ0n) is 19.3. The lowest BCUT2D eigenvalue weighted by Gasteiger charge is -2.28. The number of nitrogens with two attached hydrogens (primary N) is 1. The Morgan fingerprint density at radius 2 is 2.03 bits per heavy atom. The Kier molecular flexibility index (Phi) is 6.49. The molecule has 3 heterocycles. The average Bonchev–Trinajstić information content (AvgIpc) is 2.84. The molecule has 2 aliphatic rings. The van der Waals surface area contributed by atoms with Crippen LogP contribution < -0.4 is 11.1 Å². The minimum absolute atomic E-state index is 0.0400. The zero-order valence-corrected chi connectivity index (χ0v) is 19.3. The highest BCUT2D eigenvalue weighted by atomic mass is 19.1. The summed E-state index contributed by atoms with van der Waals surface area (Å²) in [5.41, 5.74) is 12.1. The highest BCUT2D eigenvalue weighted by molar-refractivity contribution is 6.03. The summed E-state index contributed by atoms with van der Waals surface area (Å²) in [6.45, 7) is 4.56. The lowest BCUT2D eigenvalue weighted by atomic mass is 9.78. The van der Waals surface area contributed by atoms with E-state index in [1.165, 1.54) is 6.07 Å². The van der Waals surface area contributed by atoms with Crippen molar-refractivity contribution in [3.8, 4) is 11.1 Å². The normalized spacial score (nSPS) is 19.7. The second kappa shape index (κ2) is 9.85. The number of rotatable bonds is 5. The van der Waals surface area contributed by atoms with Gasteiger partial charge < -0.3 is 15.9 Å². The summed E-state index contributed by atoms with van der Waals surface area (Å²) < 4.78 is 14.3. The molecule has 1 saturated heterocycles. The molecule has 8 heteroatoms. The van der Waals surface area contributed by atoms with E-state index >= 15 is 0 Å². The summed E-state index contributed by atoms with van der Waals surface area (Å²) >= 11 is 0. The lowest BCUT2D eigenvalue weighted by molar-refractivity contribution is 0.0938. The average molecular weight is 461 g/mol. The first-order chi connectivity index (χ1) is 16.6. The van der Waals surface area contributed by atoms with Crippen molar-refractivity contribution in [2.24, 2.45) is 11.1 Å². The van der Waals surface area contributed by atoms with Gasteiger partial charge in [0.1, 0.15) is 12.4 Å². The topological polar surface area (TPSA) is 98.3 Å². The van der Waals surface area contributed by atoms with Crippen molar-refractivity contribution in [3.05, 3.63) is 71.1 Å². The van der Waals surface area contributed by atoms with Crippen molar-refractivity contribution in [1.29, 1.82) is 0 Å². The van der Waals surface area contributed by atoms with Gasteiger partial charge in [-0.3, -0.25) is 4.98 Å². The Hall–Kier alpha value is -3.39. The van der Waals surface area contributed by atoms with Crippen molar-refractivity contribution in [2.45, 2.75) is 38.5 Å². The summed E-state index contributed by atoms with van der Waals surface area (Å²) in [5, 5.41) is 7.97. The van der Waals surface area contributed by atoms with Crippen molar-refractivity contribution < 1.29 is 9.23 Å². The maximum atomic E-state index is 14.3. The Morgan fingerprint density at radius 1 is 1.18 bits per heavy atom. The van der Waals surface area contributed by atoms with E-state index < -0.39 is 0 Å². The molecule has 1 aromatic carbocycles. The molecule has 0 spiro atoms. The molecule has 2 aromatic heterocycles. The standard InChI is InChI=1S/C26H29FN6O/c1-16-25-23(32-26(28)31-16)11-19(12-24(25)33-34-15-17-6-9-29-10-7-17)21-5-4-20(27)13-22(21)18-3-2-8-30-14-18/h2-5,8,13-14,17,19,29H,6-7,9-12,15H2,1H3,(H2,28,31,32). The van der Waals surface area contributed by atoms with Crippen LogP contribution in [0.3, 0.4) is 0 Å². The fraction of sp³-hybridized carbons (Fsp3) is 0.385. The van der Waals surface area contributed by atoms with Gasteiger partial charge in [-0.25, -0.2) is 14.4 Å². The summed E-state index contributed by atoms with van der Waals surface area (Å²) in [7, 11) is 0. The third-order valence-electron chi connectivity index (χ3n) is 6.72. The van der Waals surface area contributed by atoms with Crippen molar-refractivity contribution in [2.75, 3.05) is 25.4 Å². The highest BCUT2D eigenvalue weighted by Crippen LogP contribution is 2.38. The number of oxime groups is 1. The van der Waals surface area contributed by atoms with E-state index in [2.05, 4.69) is 25.4 Å². The van der Waals surface area contributed by atoms with Gasteiger partial charge in [0, 0.05) is 29.9 Å². The molecule has 0 bridgehead atoms. The van der Waals surface area contributed by atoms with Gasteiger partial charge in [-0.1, -0.05) is 17.3 Å². The van der Waals surface area contributed by atoms with E-state index in [4.69, 9.17) is 10.6 Å². The molecule has 34 heavy (non-hydrogen) atoms. The number of nitrogens with one attached hydrogen (secondary N) is 1. The van der Waals surface area contributed by atoms with E-state index in [9.17, 15) is 4.39 Å². The van der Waals surface area contributed by atoms with Crippen LogP contribution >= 0.6 is 0 Å². The van der Waals surface area contributed by atoms with Crippen LogP contribution in [0.2, 0.25) is 0 Å². The molecule has 0 amide bonds. The lowest BCUT2D eigenvalue weighted by Crippen LogP contribution is -2.30. The molecular weight excluding hydrogens is 431 g/mol. The quantitative estimate of drug-likeness (QED) is 0.558. The minimum atomic E-state index is -0.277. The first kappa shape index (κ1) is 22.4. The van der Waals surface area contributed by atoms with Crippen LogP contribution in [0.1, 0.15) is 47.7 Å². The number of benzene rings is 1. The van der Waals surface area contributed by atoms with Gasteiger partial charge >= 0.3 is 0 Å². The first-order valence-electron chi connectivity index (χ1n) is 11.8. The molecule has 0 saturated carbocycles. The van der Waals surface area contributed by atoms with Gasteiger partial charge in [0.25, 0.3) is 0 Å². The summed E-state index contributed by atoms with van der Waals surface area (Å²) in [6.07, 6.45) is 6.96.